The Bertz CT molecular complexity index is 636. The van der Waals surface area contributed by atoms with Gasteiger partial charge in [0.2, 0.25) is 0 Å². The molecule has 2 heterocycles. The number of aryl methyl sites for hydroxylation is 1. The van der Waals surface area contributed by atoms with Crippen LogP contribution in [0.5, 0.6) is 0 Å². The number of hydrogen-bond donors (Lipinski definition) is 1. The molecule has 1 aliphatic heterocycles. The minimum absolute atomic E-state index is 0.235. The van der Waals surface area contributed by atoms with E-state index < -0.39 is 0 Å². The fraction of sp³-hybridized carbons (Fsp3) is 0.400. The number of nitrogens with one attached hydrogen (secondary N) is 1. The summed E-state index contributed by atoms with van der Waals surface area (Å²) in [5, 5.41) is 11.2. The van der Waals surface area contributed by atoms with Crippen molar-refractivity contribution >= 4 is 5.91 Å². The maximum atomic E-state index is 12.8. The molecule has 1 aliphatic rings. The van der Waals surface area contributed by atoms with Crippen LogP contribution in [-0.2, 0) is 19.5 Å². The summed E-state index contributed by atoms with van der Waals surface area (Å²) in [5.74, 6) is 1.19. The summed E-state index contributed by atoms with van der Waals surface area (Å²) in [4.78, 5) is 12.0. The van der Waals surface area contributed by atoms with E-state index in [1.165, 1.54) is 30.7 Å². The van der Waals surface area contributed by atoms with Crippen LogP contribution < -0.4 is 5.32 Å². The van der Waals surface area contributed by atoms with E-state index in [1.54, 1.807) is 0 Å². The van der Waals surface area contributed by atoms with Crippen LogP contribution in [0.1, 0.15) is 41.3 Å². The smallest absolute Gasteiger partial charge is 0.251 e. The van der Waals surface area contributed by atoms with E-state index in [0.29, 0.717) is 12.1 Å². The lowest BCUT2D eigenvalue weighted by molar-refractivity contribution is 0.0949. The summed E-state index contributed by atoms with van der Waals surface area (Å²) in [7, 11) is 0. The normalized spacial score (nSPS) is 14.3. The first-order valence-corrected chi connectivity index (χ1v) is 7.19. The van der Waals surface area contributed by atoms with E-state index >= 15 is 0 Å². The van der Waals surface area contributed by atoms with Gasteiger partial charge in [-0.25, -0.2) is 4.39 Å². The van der Waals surface area contributed by atoms with Crippen molar-refractivity contribution in [1.82, 2.24) is 20.1 Å². The highest BCUT2D eigenvalue weighted by Crippen LogP contribution is 2.14. The predicted octanol–water partition coefficient (Wildman–Crippen LogP) is 2.07. The lowest BCUT2D eigenvalue weighted by Crippen LogP contribution is -2.25. The van der Waals surface area contributed by atoms with Gasteiger partial charge in [-0.05, 0) is 37.1 Å². The summed E-state index contributed by atoms with van der Waals surface area (Å²) in [5.41, 5.74) is 0.437. The molecule has 110 valence electrons. The van der Waals surface area contributed by atoms with Gasteiger partial charge in [-0.3, -0.25) is 4.79 Å². The van der Waals surface area contributed by atoms with Crippen molar-refractivity contribution in [3.8, 4) is 0 Å². The van der Waals surface area contributed by atoms with Crippen LogP contribution in [0.25, 0.3) is 0 Å². The third kappa shape index (κ3) is 3.09. The van der Waals surface area contributed by atoms with Crippen molar-refractivity contribution < 1.29 is 9.18 Å². The zero-order valence-electron chi connectivity index (χ0n) is 11.7. The average Bonchev–Trinajstić information content (AvgIpc) is 2.72. The summed E-state index contributed by atoms with van der Waals surface area (Å²) in [6, 6.07) is 5.49. The van der Waals surface area contributed by atoms with Crippen LogP contribution in [0.15, 0.2) is 24.3 Å². The number of rotatable bonds is 3. The van der Waals surface area contributed by atoms with E-state index in [-0.39, 0.29) is 11.7 Å². The molecule has 0 spiro atoms. The van der Waals surface area contributed by atoms with Crippen molar-refractivity contribution in [1.29, 1.82) is 0 Å². The lowest BCUT2D eigenvalue weighted by atomic mass is 10.2. The topological polar surface area (TPSA) is 59.8 Å². The first kappa shape index (κ1) is 13.7. The molecule has 0 saturated heterocycles. The van der Waals surface area contributed by atoms with Crippen molar-refractivity contribution in [2.75, 3.05) is 0 Å². The monoisotopic (exact) mass is 288 g/mol. The van der Waals surface area contributed by atoms with Gasteiger partial charge in [-0.15, -0.1) is 10.2 Å². The van der Waals surface area contributed by atoms with Crippen molar-refractivity contribution in [2.24, 2.45) is 0 Å². The first-order valence-electron chi connectivity index (χ1n) is 7.19. The van der Waals surface area contributed by atoms with E-state index in [4.69, 9.17) is 0 Å². The van der Waals surface area contributed by atoms with E-state index in [2.05, 4.69) is 20.1 Å². The van der Waals surface area contributed by atoms with Crippen molar-refractivity contribution in [3.63, 3.8) is 0 Å². The number of amides is 1. The molecule has 2 aromatic rings. The third-order valence-corrected chi connectivity index (χ3v) is 3.70. The molecule has 6 heteroatoms. The molecule has 0 radical (unpaired) electrons. The lowest BCUT2D eigenvalue weighted by Gasteiger charge is -2.08. The minimum Gasteiger partial charge on any atom is -0.345 e. The second-order valence-electron chi connectivity index (χ2n) is 5.18. The number of benzene rings is 1. The van der Waals surface area contributed by atoms with Crippen LogP contribution >= 0.6 is 0 Å². The highest BCUT2D eigenvalue weighted by molar-refractivity contribution is 5.94. The second-order valence-corrected chi connectivity index (χ2v) is 5.18. The quantitative estimate of drug-likeness (QED) is 0.940. The number of fused-ring (bicyclic) bond motifs is 1. The molecule has 21 heavy (non-hydrogen) atoms. The first-order chi connectivity index (χ1) is 10.2. The van der Waals surface area contributed by atoms with E-state index in [0.717, 1.165) is 37.5 Å². The zero-order valence-corrected chi connectivity index (χ0v) is 11.7. The molecule has 0 bridgehead atoms. The molecule has 1 N–H and O–H groups in total. The molecule has 0 saturated carbocycles. The molecule has 0 unspecified atom stereocenters. The molecule has 0 aliphatic carbocycles. The maximum absolute atomic E-state index is 12.8. The molecular formula is C15H17FN4O. The molecule has 1 aromatic heterocycles. The number of nitrogens with zero attached hydrogens (tertiary/aromatic N) is 3. The summed E-state index contributed by atoms with van der Waals surface area (Å²) >= 11 is 0. The Balaban J connectivity index is 1.66. The zero-order chi connectivity index (χ0) is 14.7. The van der Waals surface area contributed by atoms with E-state index in [9.17, 15) is 9.18 Å². The summed E-state index contributed by atoms with van der Waals surface area (Å²) in [6.07, 6.45) is 4.40. The van der Waals surface area contributed by atoms with Crippen molar-refractivity contribution in [3.05, 3.63) is 47.3 Å². The number of carbonyl (C=O) groups excluding carboxylic acids is 1. The molecule has 5 nitrogen and oxygen atoms in total. The number of aromatic nitrogens is 3. The van der Waals surface area contributed by atoms with Gasteiger partial charge < -0.3 is 9.88 Å². The molecule has 3 rings (SSSR count). The molecular weight excluding hydrogens is 271 g/mol. The Morgan fingerprint density at radius 3 is 2.81 bits per heavy atom. The Kier molecular flexibility index (Phi) is 3.94. The Morgan fingerprint density at radius 2 is 2.00 bits per heavy atom. The van der Waals surface area contributed by atoms with Gasteiger partial charge >= 0.3 is 0 Å². The van der Waals surface area contributed by atoms with Crippen LogP contribution in [0, 0.1) is 5.82 Å². The SMILES string of the molecule is O=C(NCc1nnc2n1CCCCC2)c1ccc(F)cc1. The molecule has 1 aromatic carbocycles. The fourth-order valence-electron chi connectivity index (χ4n) is 2.54. The Labute approximate surface area is 122 Å². The van der Waals surface area contributed by atoms with E-state index in [1.807, 2.05) is 0 Å². The molecule has 1 amide bonds. The molecule has 0 fully saturated rings. The van der Waals surface area contributed by atoms with Crippen LogP contribution in [0.2, 0.25) is 0 Å². The number of halogens is 1. The highest BCUT2D eigenvalue weighted by atomic mass is 19.1. The van der Waals surface area contributed by atoms with Gasteiger partial charge in [0.15, 0.2) is 5.82 Å². The minimum atomic E-state index is -0.352. The van der Waals surface area contributed by atoms with Gasteiger partial charge in [0.25, 0.3) is 5.91 Å². The Hall–Kier alpha value is -2.24. The van der Waals surface area contributed by atoms with Crippen LogP contribution in [0.4, 0.5) is 4.39 Å². The summed E-state index contributed by atoms with van der Waals surface area (Å²) < 4.78 is 14.9. The Morgan fingerprint density at radius 1 is 1.19 bits per heavy atom. The number of carbonyl (C=O) groups is 1. The van der Waals surface area contributed by atoms with Gasteiger partial charge in [0.05, 0.1) is 6.54 Å². The average molecular weight is 288 g/mol. The van der Waals surface area contributed by atoms with Crippen LogP contribution in [0.3, 0.4) is 0 Å². The standard InChI is InChI=1S/C15H17FN4O/c16-12-7-5-11(6-8-12)15(21)17-10-14-19-18-13-4-2-1-3-9-20(13)14/h5-8H,1-4,9-10H2,(H,17,21). The van der Waals surface area contributed by atoms with Crippen LogP contribution in [-0.4, -0.2) is 20.7 Å². The van der Waals surface area contributed by atoms with Gasteiger partial charge in [0, 0.05) is 18.5 Å². The maximum Gasteiger partial charge on any atom is 0.251 e. The number of hydrogen-bond acceptors (Lipinski definition) is 3. The van der Waals surface area contributed by atoms with Gasteiger partial charge in [0.1, 0.15) is 11.6 Å². The summed E-state index contributed by atoms with van der Waals surface area (Å²) in [6.45, 7) is 1.24. The second kappa shape index (κ2) is 6.03. The molecule has 0 atom stereocenters. The van der Waals surface area contributed by atoms with Crippen molar-refractivity contribution in [2.45, 2.75) is 38.8 Å². The highest BCUT2D eigenvalue weighted by Gasteiger charge is 2.15. The van der Waals surface area contributed by atoms with Gasteiger partial charge in [-0.2, -0.15) is 0 Å². The fourth-order valence-corrected chi connectivity index (χ4v) is 2.54. The predicted molar refractivity (Wildman–Crippen MR) is 75.1 cm³/mol. The van der Waals surface area contributed by atoms with Gasteiger partial charge in [-0.1, -0.05) is 6.42 Å². The third-order valence-electron chi connectivity index (χ3n) is 3.70. The largest absolute Gasteiger partial charge is 0.345 e.